The molecule has 0 unspecified atom stereocenters. The Kier molecular flexibility index (Phi) is 6.39. The van der Waals surface area contributed by atoms with E-state index in [1.165, 1.54) is 6.07 Å². The van der Waals surface area contributed by atoms with Crippen molar-refractivity contribution < 1.29 is 14.2 Å². The first kappa shape index (κ1) is 15.4. The van der Waals surface area contributed by atoms with Gasteiger partial charge in [0.25, 0.3) is 0 Å². The van der Waals surface area contributed by atoms with Crippen LogP contribution in [-0.2, 0) is 11.3 Å². The molecule has 1 N–H and O–H groups in total. The fraction of sp³-hybridized carbons (Fsp3) is 0.600. The van der Waals surface area contributed by atoms with Crippen molar-refractivity contribution in [1.29, 1.82) is 0 Å². The van der Waals surface area contributed by atoms with E-state index in [9.17, 15) is 4.39 Å². The number of piperazine rings is 1. The average molecular weight is 282 g/mol. The van der Waals surface area contributed by atoms with Crippen LogP contribution in [0.2, 0.25) is 0 Å². The van der Waals surface area contributed by atoms with E-state index in [-0.39, 0.29) is 12.4 Å². The maximum absolute atomic E-state index is 13.1. The van der Waals surface area contributed by atoms with Gasteiger partial charge in [-0.2, -0.15) is 0 Å². The van der Waals surface area contributed by atoms with E-state index in [0.29, 0.717) is 13.2 Å². The molecular weight excluding hydrogens is 259 g/mol. The Hall–Kier alpha value is -1.01. The summed E-state index contributed by atoms with van der Waals surface area (Å²) in [5.74, 6) is -0.165. The third-order valence-electron chi connectivity index (χ3n) is 3.55. The molecule has 1 aliphatic rings. The highest BCUT2D eigenvalue weighted by atomic mass is 19.1. The minimum absolute atomic E-state index is 0.0847. The zero-order valence-corrected chi connectivity index (χ0v) is 11.8. The van der Waals surface area contributed by atoms with Crippen LogP contribution in [0.15, 0.2) is 24.3 Å². The van der Waals surface area contributed by atoms with Crippen molar-refractivity contribution in [3.63, 3.8) is 0 Å². The van der Waals surface area contributed by atoms with Gasteiger partial charge in [-0.25, -0.2) is 4.39 Å². The van der Waals surface area contributed by atoms with Crippen molar-refractivity contribution in [2.75, 3.05) is 52.5 Å². The number of hydrogen-bond acceptors (Lipinski definition) is 4. The van der Waals surface area contributed by atoms with Crippen molar-refractivity contribution in [2.24, 2.45) is 0 Å². The van der Waals surface area contributed by atoms with Gasteiger partial charge in [-0.3, -0.25) is 9.80 Å². The zero-order valence-electron chi connectivity index (χ0n) is 11.8. The van der Waals surface area contributed by atoms with Crippen LogP contribution in [0.5, 0.6) is 0 Å². The Labute approximate surface area is 119 Å². The first-order valence-corrected chi connectivity index (χ1v) is 7.15. The summed E-state index contributed by atoms with van der Waals surface area (Å²) in [7, 11) is 0. The van der Waals surface area contributed by atoms with Crippen molar-refractivity contribution in [3.8, 4) is 0 Å². The monoisotopic (exact) mass is 282 g/mol. The molecule has 1 heterocycles. The maximum Gasteiger partial charge on any atom is 0.123 e. The van der Waals surface area contributed by atoms with Crippen LogP contribution >= 0.6 is 0 Å². The van der Waals surface area contributed by atoms with E-state index in [2.05, 4.69) is 9.80 Å². The van der Waals surface area contributed by atoms with E-state index < -0.39 is 0 Å². The van der Waals surface area contributed by atoms with Crippen molar-refractivity contribution in [2.45, 2.75) is 6.54 Å². The van der Waals surface area contributed by atoms with Crippen LogP contribution in [0.4, 0.5) is 4.39 Å². The second kappa shape index (κ2) is 8.32. The quantitative estimate of drug-likeness (QED) is 0.756. The number of nitrogens with zero attached hydrogens (tertiary/aromatic N) is 2. The summed E-state index contributed by atoms with van der Waals surface area (Å²) in [6, 6.07) is 6.82. The molecule has 1 aromatic carbocycles. The molecule has 4 nitrogen and oxygen atoms in total. The van der Waals surface area contributed by atoms with Gasteiger partial charge in [-0.15, -0.1) is 0 Å². The predicted octanol–water partition coefficient (Wildman–Crippen LogP) is 0.952. The fourth-order valence-electron chi connectivity index (χ4n) is 2.42. The minimum Gasteiger partial charge on any atom is -0.394 e. The average Bonchev–Trinajstić information content (AvgIpc) is 2.45. The maximum atomic E-state index is 13.1. The molecule has 5 heteroatoms. The van der Waals surface area contributed by atoms with E-state index >= 15 is 0 Å². The minimum atomic E-state index is -0.165. The molecule has 0 bridgehead atoms. The predicted molar refractivity (Wildman–Crippen MR) is 76.0 cm³/mol. The Morgan fingerprint density at radius 1 is 1.10 bits per heavy atom. The van der Waals surface area contributed by atoms with E-state index in [1.54, 1.807) is 12.1 Å². The summed E-state index contributed by atoms with van der Waals surface area (Å²) in [6.07, 6.45) is 0. The smallest absolute Gasteiger partial charge is 0.123 e. The molecule has 20 heavy (non-hydrogen) atoms. The molecule has 0 amide bonds. The van der Waals surface area contributed by atoms with Crippen LogP contribution in [0.3, 0.4) is 0 Å². The van der Waals surface area contributed by atoms with Crippen molar-refractivity contribution >= 4 is 0 Å². The highest BCUT2D eigenvalue weighted by molar-refractivity contribution is 5.16. The first-order chi connectivity index (χ1) is 9.78. The normalized spacial score (nSPS) is 17.5. The molecule has 0 spiro atoms. The van der Waals surface area contributed by atoms with Gasteiger partial charge in [0, 0.05) is 39.3 Å². The Morgan fingerprint density at radius 2 is 1.85 bits per heavy atom. The third-order valence-corrected chi connectivity index (χ3v) is 3.55. The molecule has 1 saturated heterocycles. The second-order valence-corrected chi connectivity index (χ2v) is 5.08. The lowest BCUT2D eigenvalue weighted by Gasteiger charge is -2.34. The summed E-state index contributed by atoms with van der Waals surface area (Å²) < 4.78 is 18.4. The van der Waals surface area contributed by atoms with Crippen LogP contribution in [0.25, 0.3) is 0 Å². The molecule has 0 radical (unpaired) electrons. The number of benzene rings is 1. The molecule has 0 atom stereocenters. The van der Waals surface area contributed by atoms with Gasteiger partial charge in [0.15, 0.2) is 0 Å². The molecule has 2 rings (SSSR count). The lowest BCUT2D eigenvalue weighted by atomic mass is 10.2. The Bertz CT molecular complexity index is 395. The van der Waals surface area contributed by atoms with Crippen LogP contribution in [0, 0.1) is 5.82 Å². The lowest BCUT2D eigenvalue weighted by Crippen LogP contribution is -2.46. The number of aliphatic hydroxyl groups is 1. The molecule has 0 aromatic heterocycles. The molecule has 112 valence electrons. The number of halogens is 1. The summed E-state index contributed by atoms with van der Waals surface area (Å²) in [4.78, 5) is 4.71. The van der Waals surface area contributed by atoms with Crippen molar-refractivity contribution in [1.82, 2.24) is 9.80 Å². The van der Waals surface area contributed by atoms with Gasteiger partial charge >= 0.3 is 0 Å². The molecule has 0 aliphatic carbocycles. The Balaban J connectivity index is 1.66. The molecule has 0 saturated carbocycles. The summed E-state index contributed by atoms with van der Waals surface area (Å²) in [5, 5.41) is 8.63. The highest BCUT2D eigenvalue weighted by Gasteiger charge is 2.16. The Morgan fingerprint density at radius 3 is 2.55 bits per heavy atom. The third kappa shape index (κ3) is 5.17. The first-order valence-electron chi connectivity index (χ1n) is 7.15. The lowest BCUT2D eigenvalue weighted by molar-refractivity contribution is 0.0563. The molecule has 1 fully saturated rings. The van der Waals surface area contributed by atoms with Crippen LogP contribution in [-0.4, -0.2) is 67.5 Å². The fourth-order valence-corrected chi connectivity index (χ4v) is 2.42. The molecule has 1 aromatic rings. The van der Waals surface area contributed by atoms with E-state index in [0.717, 1.165) is 44.8 Å². The molecular formula is C15H23FN2O2. The second-order valence-electron chi connectivity index (χ2n) is 5.08. The van der Waals surface area contributed by atoms with Gasteiger partial charge in [0.05, 0.1) is 19.8 Å². The van der Waals surface area contributed by atoms with E-state index in [4.69, 9.17) is 9.84 Å². The van der Waals surface area contributed by atoms with Gasteiger partial charge < -0.3 is 9.84 Å². The standard InChI is InChI=1S/C15H23FN2O2/c16-15-3-1-2-14(12-15)13-18-6-4-17(5-7-18)8-10-20-11-9-19/h1-3,12,19H,4-11,13H2. The van der Waals surface area contributed by atoms with Crippen molar-refractivity contribution in [3.05, 3.63) is 35.6 Å². The van der Waals surface area contributed by atoms with Gasteiger partial charge in [0.2, 0.25) is 0 Å². The van der Waals surface area contributed by atoms with Crippen LogP contribution < -0.4 is 0 Å². The largest absolute Gasteiger partial charge is 0.394 e. The van der Waals surface area contributed by atoms with Gasteiger partial charge in [-0.05, 0) is 17.7 Å². The van der Waals surface area contributed by atoms with Gasteiger partial charge in [-0.1, -0.05) is 12.1 Å². The number of ether oxygens (including phenoxy) is 1. The topological polar surface area (TPSA) is 35.9 Å². The van der Waals surface area contributed by atoms with Gasteiger partial charge in [0.1, 0.15) is 5.82 Å². The molecule has 1 aliphatic heterocycles. The van der Waals surface area contributed by atoms with E-state index in [1.807, 2.05) is 6.07 Å². The number of hydrogen-bond donors (Lipinski definition) is 1. The van der Waals surface area contributed by atoms with Crippen LogP contribution in [0.1, 0.15) is 5.56 Å². The number of aliphatic hydroxyl groups excluding tert-OH is 1. The SMILES string of the molecule is OCCOCCN1CCN(Cc2cccc(F)c2)CC1. The summed E-state index contributed by atoms with van der Waals surface area (Å²) in [5.41, 5.74) is 1.03. The summed E-state index contributed by atoms with van der Waals surface area (Å²) >= 11 is 0. The highest BCUT2D eigenvalue weighted by Crippen LogP contribution is 2.09. The number of rotatable bonds is 7. The summed E-state index contributed by atoms with van der Waals surface area (Å²) in [6.45, 7) is 6.91. The zero-order chi connectivity index (χ0) is 14.2.